The van der Waals surface area contributed by atoms with Crippen LogP contribution >= 0.6 is 0 Å². The third-order valence-electron chi connectivity index (χ3n) is 5.56. The molecule has 3 aromatic rings. The van der Waals surface area contributed by atoms with Gasteiger partial charge in [-0.2, -0.15) is 0 Å². The number of rotatable bonds is 6. The molecule has 8 heteroatoms. The maximum absolute atomic E-state index is 11.4. The molecule has 1 unspecified atom stereocenters. The summed E-state index contributed by atoms with van der Waals surface area (Å²) in [6.07, 6.45) is 7.32. The van der Waals surface area contributed by atoms with Crippen LogP contribution in [-0.2, 0) is 13.1 Å². The number of aryl methyl sites for hydroxylation is 1. The Hall–Kier alpha value is -2.74. The first-order valence-electron chi connectivity index (χ1n) is 10.1. The Morgan fingerprint density at radius 3 is 2.89 bits per heavy atom. The van der Waals surface area contributed by atoms with Gasteiger partial charge in [-0.25, -0.2) is 14.5 Å². The van der Waals surface area contributed by atoms with Gasteiger partial charge in [0.05, 0.1) is 17.6 Å². The van der Waals surface area contributed by atoms with Crippen LogP contribution in [-0.4, -0.2) is 36.6 Å². The Morgan fingerprint density at radius 2 is 2.07 bits per heavy atom. The van der Waals surface area contributed by atoms with Gasteiger partial charge in [0, 0.05) is 12.6 Å². The molecule has 0 radical (unpaired) electrons. The molecular weight excluding hydrogens is 356 g/mol. The summed E-state index contributed by atoms with van der Waals surface area (Å²) >= 11 is 0. The van der Waals surface area contributed by atoms with Gasteiger partial charge in [0.15, 0.2) is 0 Å². The van der Waals surface area contributed by atoms with Gasteiger partial charge in [-0.05, 0) is 49.8 Å². The van der Waals surface area contributed by atoms with Crippen LogP contribution < -0.4 is 5.32 Å². The van der Waals surface area contributed by atoms with Gasteiger partial charge in [0.1, 0.15) is 6.20 Å². The summed E-state index contributed by atoms with van der Waals surface area (Å²) in [5.74, 6) is 1.26. The van der Waals surface area contributed by atoms with Gasteiger partial charge < -0.3 is 20.0 Å². The minimum atomic E-state index is -0.386. The topological polar surface area (TPSA) is 90.8 Å². The number of aromatic nitrogens is 4. The van der Waals surface area contributed by atoms with Crippen molar-refractivity contribution in [1.29, 1.82) is 0 Å². The Bertz CT molecular complexity index is 968. The molecule has 0 amide bonds. The Morgan fingerprint density at radius 1 is 1.21 bits per heavy atom. The van der Waals surface area contributed by atoms with Gasteiger partial charge in [-0.1, -0.05) is 25.0 Å². The van der Waals surface area contributed by atoms with Crippen molar-refractivity contribution in [3.8, 4) is 11.6 Å². The minimum absolute atomic E-state index is 0.00143. The zero-order valence-corrected chi connectivity index (χ0v) is 16.2. The number of hydrogen-bond acceptors (Lipinski definition) is 5. The number of para-hydroxylation sites is 2. The van der Waals surface area contributed by atoms with Crippen molar-refractivity contribution in [2.75, 3.05) is 6.54 Å². The highest BCUT2D eigenvalue weighted by Gasteiger charge is 2.25. The van der Waals surface area contributed by atoms with Crippen LogP contribution in [0.4, 0.5) is 5.82 Å². The van der Waals surface area contributed by atoms with E-state index >= 15 is 0 Å². The maximum atomic E-state index is 11.4. The number of benzene rings is 1. The first-order valence-corrected chi connectivity index (χ1v) is 10.1. The molecule has 0 spiro atoms. The van der Waals surface area contributed by atoms with E-state index in [9.17, 15) is 10.1 Å². The van der Waals surface area contributed by atoms with Crippen molar-refractivity contribution >= 4 is 16.9 Å². The lowest BCUT2D eigenvalue weighted by atomic mass is 10.1. The summed E-state index contributed by atoms with van der Waals surface area (Å²) in [5.41, 5.74) is 1.93. The zero-order chi connectivity index (χ0) is 19.5. The highest BCUT2D eigenvalue weighted by molar-refractivity contribution is 5.79. The molecule has 1 aliphatic rings. The van der Waals surface area contributed by atoms with Crippen LogP contribution in [0.1, 0.15) is 39.0 Å². The minimum Gasteiger partial charge on any atom is -0.358 e. The molecule has 0 bridgehead atoms. The van der Waals surface area contributed by atoms with Crippen molar-refractivity contribution in [1.82, 2.24) is 24.4 Å². The lowest BCUT2D eigenvalue weighted by molar-refractivity contribution is -0.392. The van der Waals surface area contributed by atoms with E-state index in [0.717, 1.165) is 30.5 Å². The van der Waals surface area contributed by atoms with Gasteiger partial charge in [-0.15, -0.1) is 0 Å². The molecule has 4 rings (SSSR count). The number of fused-ring (bicyclic) bond motifs is 1. The van der Waals surface area contributed by atoms with Crippen molar-refractivity contribution in [2.24, 2.45) is 0 Å². The molecule has 3 heterocycles. The summed E-state index contributed by atoms with van der Waals surface area (Å²) in [6, 6.07) is 8.50. The van der Waals surface area contributed by atoms with Crippen molar-refractivity contribution in [3.05, 3.63) is 40.6 Å². The summed E-state index contributed by atoms with van der Waals surface area (Å²) < 4.78 is 3.79. The van der Waals surface area contributed by atoms with Gasteiger partial charge in [0.2, 0.25) is 5.82 Å². The standard InChI is InChI=1S/C20H26N6O2/c1-2-24-18(26(27)28)14-22-19(24)20-23-16-9-5-6-10-17(16)25(20)13-11-15-8-4-3-7-12-21-15/h5-6,9-10,14-15,21H,2-4,7-8,11-13H2,1H3. The Balaban J connectivity index is 1.72. The molecule has 1 saturated heterocycles. The third-order valence-corrected chi connectivity index (χ3v) is 5.56. The molecule has 1 N–H and O–H groups in total. The van der Waals surface area contributed by atoms with E-state index in [1.807, 2.05) is 25.1 Å². The average Bonchev–Trinajstić information content (AvgIpc) is 3.18. The molecular formula is C20H26N6O2. The Labute approximate surface area is 163 Å². The van der Waals surface area contributed by atoms with E-state index in [1.54, 1.807) is 4.57 Å². The van der Waals surface area contributed by atoms with Gasteiger partial charge in [-0.3, -0.25) is 0 Å². The second kappa shape index (κ2) is 8.10. The van der Waals surface area contributed by atoms with Crippen molar-refractivity contribution < 1.29 is 4.92 Å². The van der Waals surface area contributed by atoms with Gasteiger partial charge in [0.25, 0.3) is 5.82 Å². The van der Waals surface area contributed by atoms with E-state index in [2.05, 4.69) is 20.9 Å². The van der Waals surface area contributed by atoms with Gasteiger partial charge >= 0.3 is 5.82 Å². The van der Waals surface area contributed by atoms with E-state index in [-0.39, 0.29) is 10.7 Å². The third kappa shape index (κ3) is 3.52. The second-order valence-corrected chi connectivity index (χ2v) is 7.31. The highest BCUT2D eigenvalue weighted by Crippen LogP contribution is 2.28. The molecule has 28 heavy (non-hydrogen) atoms. The summed E-state index contributed by atoms with van der Waals surface area (Å²) in [4.78, 5) is 20.1. The first kappa shape index (κ1) is 18.6. The number of hydrogen-bond donors (Lipinski definition) is 1. The van der Waals surface area contributed by atoms with Crippen molar-refractivity contribution in [3.63, 3.8) is 0 Å². The van der Waals surface area contributed by atoms with Crippen molar-refractivity contribution in [2.45, 2.75) is 58.2 Å². The van der Waals surface area contributed by atoms with Crippen LogP contribution in [0.3, 0.4) is 0 Å². The number of imidazole rings is 2. The van der Waals surface area contributed by atoms with Crippen LogP contribution in [0, 0.1) is 10.1 Å². The van der Waals surface area contributed by atoms with E-state index in [0.29, 0.717) is 24.2 Å². The fourth-order valence-electron chi connectivity index (χ4n) is 4.11. The molecule has 0 aliphatic carbocycles. The van der Waals surface area contributed by atoms with E-state index < -0.39 is 0 Å². The predicted octanol–water partition coefficient (Wildman–Crippen LogP) is 3.75. The first-order chi connectivity index (χ1) is 13.7. The lowest BCUT2D eigenvalue weighted by Crippen LogP contribution is -2.29. The molecule has 2 aromatic heterocycles. The SMILES string of the molecule is CCn1c([N+](=O)[O-])cnc1-c1nc2ccccc2n1CCC1CCCCCN1. The van der Waals surface area contributed by atoms with Crippen LogP contribution in [0.2, 0.25) is 0 Å². The lowest BCUT2D eigenvalue weighted by Gasteiger charge is -2.17. The fourth-order valence-corrected chi connectivity index (χ4v) is 4.11. The fraction of sp³-hybridized carbons (Fsp3) is 0.500. The molecule has 1 aliphatic heterocycles. The molecule has 1 aromatic carbocycles. The Kier molecular flexibility index (Phi) is 5.38. The molecule has 8 nitrogen and oxygen atoms in total. The quantitative estimate of drug-likeness (QED) is 0.518. The summed E-state index contributed by atoms with van der Waals surface area (Å²) in [5, 5.41) is 15.0. The van der Waals surface area contributed by atoms with Crippen LogP contribution in [0.25, 0.3) is 22.7 Å². The maximum Gasteiger partial charge on any atom is 0.343 e. The number of nitro groups is 1. The normalized spacial score (nSPS) is 17.7. The molecule has 0 saturated carbocycles. The van der Waals surface area contributed by atoms with E-state index in [1.165, 1.54) is 31.9 Å². The zero-order valence-electron chi connectivity index (χ0n) is 16.2. The molecule has 148 valence electrons. The molecule has 1 fully saturated rings. The summed E-state index contributed by atoms with van der Waals surface area (Å²) in [6.45, 7) is 4.24. The smallest absolute Gasteiger partial charge is 0.343 e. The highest BCUT2D eigenvalue weighted by atomic mass is 16.6. The monoisotopic (exact) mass is 382 g/mol. The van der Waals surface area contributed by atoms with Crippen LogP contribution in [0.5, 0.6) is 0 Å². The van der Waals surface area contributed by atoms with Crippen LogP contribution in [0.15, 0.2) is 30.5 Å². The average molecular weight is 382 g/mol. The van der Waals surface area contributed by atoms with E-state index in [4.69, 9.17) is 4.98 Å². The largest absolute Gasteiger partial charge is 0.358 e. The number of nitrogens with zero attached hydrogens (tertiary/aromatic N) is 5. The summed E-state index contributed by atoms with van der Waals surface area (Å²) in [7, 11) is 0. The number of nitrogens with one attached hydrogen (secondary N) is 1. The molecule has 1 atom stereocenters. The second-order valence-electron chi connectivity index (χ2n) is 7.31. The predicted molar refractivity (Wildman–Crippen MR) is 108 cm³/mol.